The van der Waals surface area contributed by atoms with Gasteiger partial charge in [0.15, 0.2) is 0 Å². The normalized spacial score (nSPS) is 18.0. The molecule has 7 N–H and O–H groups in total. The van der Waals surface area contributed by atoms with E-state index in [9.17, 15) is 4.79 Å². The van der Waals surface area contributed by atoms with Gasteiger partial charge in [-0.3, -0.25) is 9.79 Å². The first-order valence-corrected chi connectivity index (χ1v) is 10.8. The molecule has 1 heterocycles. The van der Waals surface area contributed by atoms with Crippen molar-refractivity contribution in [2.24, 2.45) is 22.3 Å². The van der Waals surface area contributed by atoms with E-state index in [2.05, 4.69) is 16.4 Å². The van der Waals surface area contributed by atoms with Gasteiger partial charge in [-0.25, -0.2) is 5.84 Å². The lowest BCUT2D eigenvalue weighted by molar-refractivity contribution is -0.139. The minimum atomic E-state index is -0.276. The molecule has 0 saturated heterocycles. The largest absolute Gasteiger partial charge is 0.469 e. The second-order valence-electron chi connectivity index (χ2n) is 7.98. The highest BCUT2D eigenvalue weighted by atomic mass is 16.5. The zero-order chi connectivity index (χ0) is 24.0. The zero-order valence-electron chi connectivity index (χ0n) is 19.3. The number of ether oxygens (including phenoxy) is 1. The summed E-state index contributed by atoms with van der Waals surface area (Å²) in [7, 11) is 3.10. The Balaban J connectivity index is 2.06. The zero-order valence-corrected chi connectivity index (χ0v) is 19.3. The fourth-order valence-electron chi connectivity index (χ4n) is 4.09. The molecule has 1 aliphatic heterocycles. The van der Waals surface area contributed by atoms with Gasteiger partial charge in [0.25, 0.3) is 0 Å². The van der Waals surface area contributed by atoms with E-state index in [1.807, 2.05) is 43.3 Å². The topological polar surface area (TPSA) is 132 Å². The third kappa shape index (κ3) is 5.53. The van der Waals surface area contributed by atoms with Crippen molar-refractivity contribution in [1.29, 1.82) is 0 Å². The van der Waals surface area contributed by atoms with E-state index in [1.54, 1.807) is 24.5 Å². The molecule has 3 rings (SSSR count). The van der Waals surface area contributed by atoms with Crippen molar-refractivity contribution in [3.8, 4) is 0 Å². The molecule has 8 heteroatoms. The second-order valence-corrected chi connectivity index (χ2v) is 7.98. The predicted molar refractivity (Wildman–Crippen MR) is 134 cm³/mol. The van der Waals surface area contributed by atoms with Crippen LogP contribution in [0.1, 0.15) is 41.6 Å². The summed E-state index contributed by atoms with van der Waals surface area (Å²) >= 11 is 0. The molecule has 33 heavy (non-hydrogen) atoms. The molecule has 0 fully saturated rings. The number of carbonyl (C=O) groups excluding carboxylic acids is 1. The average Bonchev–Trinajstić information content (AvgIpc) is 2.93. The molecule has 0 aliphatic carbocycles. The van der Waals surface area contributed by atoms with Crippen molar-refractivity contribution in [1.82, 2.24) is 5.01 Å². The number of anilines is 1. The molecule has 1 atom stereocenters. The second kappa shape index (κ2) is 10.7. The van der Waals surface area contributed by atoms with Crippen molar-refractivity contribution < 1.29 is 9.53 Å². The molecule has 2 aromatic carbocycles. The molecule has 0 aromatic heterocycles. The first-order chi connectivity index (χ1) is 15.9. The highest BCUT2D eigenvalue weighted by Gasteiger charge is 2.26. The van der Waals surface area contributed by atoms with Gasteiger partial charge in [-0.1, -0.05) is 24.3 Å². The van der Waals surface area contributed by atoms with Crippen molar-refractivity contribution in [3.05, 3.63) is 76.6 Å². The number of rotatable bonds is 6. The van der Waals surface area contributed by atoms with Crippen molar-refractivity contribution in [2.75, 3.05) is 26.0 Å². The molecule has 0 saturated carbocycles. The first-order valence-electron chi connectivity index (χ1n) is 10.8. The summed E-state index contributed by atoms with van der Waals surface area (Å²) in [6.07, 6.45) is 4.24. The molecule has 0 radical (unpaired) electrons. The van der Waals surface area contributed by atoms with Crippen LogP contribution >= 0.6 is 0 Å². The van der Waals surface area contributed by atoms with Gasteiger partial charge in [0.05, 0.1) is 25.3 Å². The minimum absolute atomic E-state index is 0.0474. The molecule has 1 aliphatic rings. The Morgan fingerprint density at radius 1 is 1.30 bits per heavy atom. The van der Waals surface area contributed by atoms with Crippen LogP contribution in [-0.2, 0) is 16.0 Å². The fraction of sp³-hybridized carbons (Fsp3) is 0.280. The number of nitrogens with zero attached hydrogens (tertiary/aromatic N) is 2. The van der Waals surface area contributed by atoms with Crippen molar-refractivity contribution >= 4 is 29.1 Å². The van der Waals surface area contributed by atoms with Crippen molar-refractivity contribution in [3.63, 3.8) is 0 Å². The van der Waals surface area contributed by atoms with E-state index in [1.165, 1.54) is 7.11 Å². The number of aliphatic imine (C=N–C) groups is 1. The number of allylic oxidation sites excluding steroid dienone is 2. The summed E-state index contributed by atoms with van der Waals surface area (Å²) in [4.78, 5) is 15.8. The number of methoxy groups -OCH3 is 1. The fourth-order valence-corrected chi connectivity index (χ4v) is 4.09. The van der Waals surface area contributed by atoms with Crippen LogP contribution in [0.25, 0.3) is 11.3 Å². The first kappa shape index (κ1) is 23.9. The summed E-state index contributed by atoms with van der Waals surface area (Å²) < 4.78 is 4.80. The minimum Gasteiger partial charge on any atom is -0.469 e. The molecule has 0 amide bonds. The molecular formula is C25H32N6O2. The number of nitrogens with one attached hydrogen (secondary N) is 1. The standard InChI is InChI=1S/C25H32N6O2/c1-16(27)25-21-8-7-18(19(14-26)15-29-2)13-22(21)23(9-10-31(25)28)30-20-6-4-5-17(11-20)12-24(32)33-3/h4-8,11,13-15,23,30H,9-10,12,26-28H2,1-3H3/b19-14?,25-16-,29-15?. The number of benzene rings is 2. The molecular weight excluding hydrogens is 416 g/mol. The van der Waals surface area contributed by atoms with Gasteiger partial charge >= 0.3 is 5.97 Å². The lowest BCUT2D eigenvalue weighted by Gasteiger charge is -2.22. The van der Waals surface area contributed by atoms with Crippen LogP contribution in [0, 0.1) is 0 Å². The van der Waals surface area contributed by atoms with Gasteiger partial charge in [0.1, 0.15) is 0 Å². The number of fused-ring (bicyclic) bond motifs is 1. The summed E-state index contributed by atoms with van der Waals surface area (Å²) in [6, 6.07) is 13.9. The Hall–Kier alpha value is -3.78. The van der Waals surface area contributed by atoms with Crippen LogP contribution in [0.15, 0.2) is 59.4 Å². The number of carbonyl (C=O) groups is 1. The maximum Gasteiger partial charge on any atom is 0.309 e. The highest BCUT2D eigenvalue weighted by Crippen LogP contribution is 2.36. The Labute approximate surface area is 194 Å². The lowest BCUT2D eigenvalue weighted by Crippen LogP contribution is -2.31. The number of esters is 1. The molecule has 1 unspecified atom stereocenters. The van der Waals surface area contributed by atoms with Gasteiger partial charge in [-0.15, -0.1) is 0 Å². The number of hydrazine groups is 1. The lowest BCUT2D eigenvalue weighted by atomic mass is 9.92. The molecule has 2 aromatic rings. The van der Waals surface area contributed by atoms with Gasteiger partial charge in [-0.2, -0.15) is 0 Å². The Bertz CT molecular complexity index is 1100. The highest BCUT2D eigenvalue weighted by molar-refractivity contribution is 6.09. The number of hydrogen-bond donors (Lipinski definition) is 4. The molecule has 0 spiro atoms. The van der Waals surface area contributed by atoms with E-state index < -0.39 is 0 Å². The maximum absolute atomic E-state index is 11.7. The van der Waals surface area contributed by atoms with Crippen LogP contribution in [0.3, 0.4) is 0 Å². The Morgan fingerprint density at radius 2 is 2.09 bits per heavy atom. The Kier molecular flexibility index (Phi) is 7.74. The van der Waals surface area contributed by atoms with E-state index in [-0.39, 0.29) is 18.4 Å². The van der Waals surface area contributed by atoms with Gasteiger partial charge in [0.2, 0.25) is 0 Å². The van der Waals surface area contributed by atoms with Crippen LogP contribution in [0.2, 0.25) is 0 Å². The van der Waals surface area contributed by atoms with E-state index >= 15 is 0 Å². The molecule has 0 bridgehead atoms. The average molecular weight is 449 g/mol. The van der Waals surface area contributed by atoms with Crippen molar-refractivity contribution in [2.45, 2.75) is 25.8 Å². The predicted octanol–water partition coefficient (Wildman–Crippen LogP) is 2.78. The van der Waals surface area contributed by atoms with Gasteiger partial charge in [0, 0.05) is 48.5 Å². The van der Waals surface area contributed by atoms with E-state index in [0.717, 1.165) is 45.6 Å². The summed E-state index contributed by atoms with van der Waals surface area (Å²) in [5.41, 5.74) is 19.1. The summed E-state index contributed by atoms with van der Waals surface area (Å²) in [6.45, 7) is 2.47. The smallest absolute Gasteiger partial charge is 0.309 e. The maximum atomic E-state index is 11.7. The molecule has 174 valence electrons. The van der Waals surface area contributed by atoms with Gasteiger partial charge < -0.3 is 26.5 Å². The van der Waals surface area contributed by atoms with Crippen LogP contribution in [0.4, 0.5) is 5.69 Å². The molecule has 8 nitrogen and oxygen atoms in total. The SMILES string of the molecule is CN=CC(=CN)c1ccc2c(c1)C(Nc1cccc(CC(=O)OC)c1)CCN(N)/C2=C(/C)N. The summed E-state index contributed by atoms with van der Waals surface area (Å²) in [5, 5.41) is 5.33. The van der Waals surface area contributed by atoms with E-state index in [4.69, 9.17) is 22.0 Å². The van der Waals surface area contributed by atoms with Gasteiger partial charge in [-0.05, 0) is 48.2 Å². The third-order valence-corrected chi connectivity index (χ3v) is 5.63. The Morgan fingerprint density at radius 3 is 2.76 bits per heavy atom. The quantitative estimate of drug-likeness (QED) is 0.303. The van der Waals surface area contributed by atoms with Crippen LogP contribution in [0.5, 0.6) is 0 Å². The van der Waals surface area contributed by atoms with Crippen LogP contribution in [-0.4, -0.2) is 37.9 Å². The number of hydrogen-bond acceptors (Lipinski definition) is 8. The van der Waals surface area contributed by atoms with E-state index in [0.29, 0.717) is 12.2 Å². The summed E-state index contributed by atoms with van der Waals surface area (Å²) in [5.74, 6) is 6.10. The monoisotopic (exact) mass is 448 g/mol. The van der Waals surface area contributed by atoms with Crippen LogP contribution < -0.4 is 22.6 Å². The number of nitrogens with two attached hydrogens (primary N) is 3. The third-order valence-electron chi connectivity index (χ3n) is 5.63.